The van der Waals surface area contributed by atoms with Crippen LogP contribution in [-0.2, 0) is 23.2 Å². The topological polar surface area (TPSA) is 79.5 Å². The standard InChI is InChI=1S/C12H13NO4S/c14-8-11-3-1-2-4-12(11)18(15,16)13-7-10-5-6-17-9-10/h1-6,9,13-14H,7-8H2. The van der Waals surface area contributed by atoms with Gasteiger partial charge in [0.25, 0.3) is 0 Å². The van der Waals surface area contributed by atoms with Crippen LogP contribution in [0.1, 0.15) is 11.1 Å². The highest BCUT2D eigenvalue weighted by atomic mass is 32.2. The summed E-state index contributed by atoms with van der Waals surface area (Å²) in [5.41, 5.74) is 1.11. The van der Waals surface area contributed by atoms with Crippen molar-refractivity contribution in [3.8, 4) is 0 Å². The lowest BCUT2D eigenvalue weighted by Gasteiger charge is -2.09. The van der Waals surface area contributed by atoms with Crippen molar-refractivity contribution in [2.45, 2.75) is 18.0 Å². The molecule has 0 saturated carbocycles. The zero-order valence-electron chi connectivity index (χ0n) is 9.54. The van der Waals surface area contributed by atoms with Crippen molar-refractivity contribution < 1.29 is 17.9 Å². The number of hydrogen-bond acceptors (Lipinski definition) is 4. The van der Waals surface area contributed by atoms with E-state index < -0.39 is 10.0 Å². The fraction of sp³-hybridized carbons (Fsp3) is 0.167. The van der Waals surface area contributed by atoms with Gasteiger partial charge in [-0.05, 0) is 17.7 Å². The van der Waals surface area contributed by atoms with Crippen LogP contribution >= 0.6 is 0 Å². The van der Waals surface area contributed by atoms with Crippen molar-refractivity contribution in [3.63, 3.8) is 0 Å². The van der Waals surface area contributed by atoms with E-state index in [0.29, 0.717) is 5.56 Å². The Hall–Kier alpha value is -1.63. The molecule has 2 N–H and O–H groups in total. The van der Waals surface area contributed by atoms with Crippen molar-refractivity contribution >= 4 is 10.0 Å². The van der Waals surface area contributed by atoms with Crippen LogP contribution in [0.2, 0.25) is 0 Å². The number of aliphatic hydroxyl groups is 1. The minimum atomic E-state index is -3.63. The molecule has 0 spiro atoms. The van der Waals surface area contributed by atoms with Gasteiger partial charge in [-0.3, -0.25) is 0 Å². The van der Waals surface area contributed by atoms with Gasteiger partial charge in [0.2, 0.25) is 10.0 Å². The number of rotatable bonds is 5. The first-order valence-electron chi connectivity index (χ1n) is 5.33. The van der Waals surface area contributed by atoms with Crippen LogP contribution in [0.5, 0.6) is 0 Å². The summed E-state index contributed by atoms with van der Waals surface area (Å²) in [5.74, 6) is 0. The van der Waals surface area contributed by atoms with Gasteiger partial charge in [-0.25, -0.2) is 13.1 Å². The average molecular weight is 267 g/mol. The maximum atomic E-state index is 12.1. The highest BCUT2D eigenvalue weighted by Crippen LogP contribution is 2.15. The fourth-order valence-corrected chi connectivity index (χ4v) is 2.79. The predicted octanol–water partition coefficient (Wildman–Crippen LogP) is 1.25. The van der Waals surface area contributed by atoms with Crippen LogP contribution in [0.4, 0.5) is 0 Å². The quantitative estimate of drug-likeness (QED) is 0.854. The molecule has 0 unspecified atom stereocenters. The number of sulfonamides is 1. The van der Waals surface area contributed by atoms with Gasteiger partial charge >= 0.3 is 0 Å². The first-order chi connectivity index (χ1) is 8.63. The molecule has 0 fully saturated rings. The summed E-state index contributed by atoms with van der Waals surface area (Å²) in [6, 6.07) is 8.02. The van der Waals surface area contributed by atoms with Gasteiger partial charge in [0.1, 0.15) is 0 Å². The van der Waals surface area contributed by atoms with Crippen molar-refractivity contribution in [1.29, 1.82) is 0 Å². The Morgan fingerprint density at radius 1 is 1.22 bits per heavy atom. The molecule has 5 nitrogen and oxygen atoms in total. The summed E-state index contributed by atoms with van der Waals surface area (Å²) in [4.78, 5) is 0.0935. The van der Waals surface area contributed by atoms with E-state index >= 15 is 0 Å². The zero-order chi connectivity index (χ0) is 13.0. The molecule has 1 aromatic heterocycles. The fourth-order valence-electron chi connectivity index (χ4n) is 1.55. The van der Waals surface area contributed by atoms with Gasteiger partial charge in [-0.1, -0.05) is 18.2 Å². The molecule has 0 aliphatic rings. The third-order valence-electron chi connectivity index (χ3n) is 2.48. The first kappa shape index (κ1) is 12.8. The molecule has 0 aliphatic heterocycles. The predicted molar refractivity (Wildman–Crippen MR) is 65.1 cm³/mol. The Bertz CT molecular complexity index is 605. The number of furan rings is 1. The van der Waals surface area contributed by atoms with E-state index in [-0.39, 0.29) is 18.0 Å². The molecule has 0 aliphatic carbocycles. The smallest absolute Gasteiger partial charge is 0.241 e. The second-order valence-corrected chi connectivity index (χ2v) is 5.46. The summed E-state index contributed by atoms with van der Waals surface area (Å²) in [6.07, 6.45) is 2.95. The molecule has 0 bridgehead atoms. The van der Waals surface area contributed by atoms with Crippen molar-refractivity contribution in [2.75, 3.05) is 0 Å². The maximum Gasteiger partial charge on any atom is 0.241 e. The van der Waals surface area contributed by atoms with E-state index in [1.54, 1.807) is 24.3 Å². The lowest BCUT2D eigenvalue weighted by molar-refractivity contribution is 0.278. The van der Waals surface area contributed by atoms with Gasteiger partial charge in [0.05, 0.1) is 24.0 Å². The zero-order valence-corrected chi connectivity index (χ0v) is 10.4. The molecule has 6 heteroatoms. The van der Waals surface area contributed by atoms with E-state index in [9.17, 15) is 8.42 Å². The van der Waals surface area contributed by atoms with Crippen molar-refractivity contribution in [1.82, 2.24) is 4.72 Å². The van der Waals surface area contributed by atoms with Crippen LogP contribution < -0.4 is 4.72 Å². The molecule has 0 radical (unpaired) electrons. The molecular weight excluding hydrogens is 254 g/mol. The molecule has 0 amide bonds. The Morgan fingerprint density at radius 3 is 2.67 bits per heavy atom. The molecule has 96 valence electrons. The largest absolute Gasteiger partial charge is 0.472 e. The second kappa shape index (κ2) is 5.34. The minimum absolute atomic E-state index is 0.0935. The molecule has 1 heterocycles. The average Bonchev–Trinajstić information content (AvgIpc) is 2.89. The number of benzene rings is 1. The van der Waals surface area contributed by atoms with Crippen LogP contribution in [0.15, 0.2) is 52.2 Å². The van der Waals surface area contributed by atoms with E-state index in [0.717, 1.165) is 5.56 Å². The third kappa shape index (κ3) is 2.79. The van der Waals surface area contributed by atoms with Crippen LogP contribution in [-0.4, -0.2) is 13.5 Å². The van der Waals surface area contributed by atoms with E-state index in [2.05, 4.69) is 4.72 Å². The van der Waals surface area contributed by atoms with E-state index in [1.165, 1.54) is 18.6 Å². The summed E-state index contributed by atoms with van der Waals surface area (Å²) >= 11 is 0. The van der Waals surface area contributed by atoms with Crippen LogP contribution in [0.3, 0.4) is 0 Å². The van der Waals surface area contributed by atoms with E-state index in [4.69, 9.17) is 9.52 Å². The number of hydrogen-bond donors (Lipinski definition) is 2. The van der Waals surface area contributed by atoms with Gasteiger partial charge in [0.15, 0.2) is 0 Å². The molecule has 0 saturated heterocycles. The van der Waals surface area contributed by atoms with Crippen LogP contribution in [0.25, 0.3) is 0 Å². The minimum Gasteiger partial charge on any atom is -0.472 e. The summed E-state index contributed by atoms with van der Waals surface area (Å²) < 4.78 is 31.4. The molecule has 2 rings (SSSR count). The van der Waals surface area contributed by atoms with Crippen molar-refractivity contribution in [3.05, 3.63) is 54.0 Å². The molecule has 0 atom stereocenters. The normalized spacial score (nSPS) is 11.6. The van der Waals surface area contributed by atoms with Crippen LogP contribution in [0, 0.1) is 0 Å². The first-order valence-corrected chi connectivity index (χ1v) is 6.81. The molecule has 18 heavy (non-hydrogen) atoms. The lowest BCUT2D eigenvalue weighted by atomic mass is 10.2. The van der Waals surface area contributed by atoms with Gasteiger partial charge < -0.3 is 9.52 Å². The molecular formula is C12H13NO4S. The Morgan fingerprint density at radius 2 is 2.00 bits per heavy atom. The Balaban J connectivity index is 2.20. The monoisotopic (exact) mass is 267 g/mol. The SMILES string of the molecule is O=S(=O)(NCc1ccoc1)c1ccccc1CO. The molecule has 1 aromatic carbocycles. The highest BCUT2D eigenvalue weighted by Gasteiger charge is 2.17. The highest BCUT2D eigenvalue weighted by molar-refractivity contribution is 7.89. The summed E-state index contributed by atoms with van der Waals surface area (Å²) in [6.45, 7) is -0.165. The maximum absolute atomic E-state index is 12.1. The number of aliphatic hydroxyl groups excluding tert-OH is 1. The third-order valence-corrected chi connectivity index (χ3v) is 3.98. The van der Waals surface area contributed by atoms with Crippen molar-refractivity contribution in [2.24, 2.45) is 0 Å². The van der Waals surface area contributed by atoms with E-state index in [1.807, 2.05) is 0 Å². The Labute approximate surface area is 105 Å². The summed E-state index contributed by atoms with van der Waals surface area (Å²) in [5, 5.41) is 9.13. The lowest BCUT2D eigenvalue weighted by Crippen LogP contribution is -2.24. The number of nitrogens with one attached hydrogen (secondary N) is 1. The summed E-state index contributed by atoms with van der Waals surface area (Å²) in [7, 11) is -3.63. The van der Waals surface area contributed by atoms with Gasteiger partial charge in [0, 0.05) is 12.1 Å². The molecule has 2 aromatic rings. The van der Waals surface area contributed by atoms with Gasteiger partial charge in [-0.15, -0.1) is 0 Å². The van der Waals surface area contributed by atoms with Gasteiger partial charge in [-0.2, -0.15) is 0 Å². The second-order valence-electron chi connectivity index (χ2n) is 3.72. The Kier molecular flexibility index (Phi) is 3.81.